The highest BCUT2D eigenvalue weighted by molar-refractivity contribution is 7.09. The lowest BCUT2D eigenvalue weighted by atomic mass is 9.84. The van der Waals surface area contributed by atoms with E-state index in [1.165, 1.54) is 17.4 Å². The topological polar surface area (TPSA) is 56.9 Å². The lowest BCUT2D eigenvalue weighted by Gasteiger charge is -2.20. The molecule has 0 saturated heterocycles. The zero-order valence-electron chi connectivity index (χ0n) is 10.5. The summed E-state index contributed by atoms with van der Waals surface area (Å²) in [6.45, 7) is -0.0928. The number of hydrogen-bond donors (Lipinski definition) is 1. The van der Waals surface area contributed by atoms with Crippen LogP contribution in [0, 0.1) is 23.0 Å². The molecule has 0 fully saturated rings. The van der Waals surface area contributed by atoms with Crippen molar-refractivity contribution in [2.24, 2.45) is 0 Å². The fraction of sp³-hybridized carbons (Fsp3) is 0.286. The van der Waals surface area contributed by atoms with Crippen LogP contribution < -0.4 is 0 Å². The van der Waals surface area contributed by atoms with Gasteiger partial charge in [0.2, 0.25) is 0 Å². The Morgan fingerprint density at radius 2 is 2.15 bits per heavy atom. The van der Waals surface area contributed by atoms with Crippen molar-refractivity contribution in [1.29, 1.82) is 5.26 Å². The summed E-state index contributed by atoms with van der Waals surface area (Å²) < 4.78 is 26.3. The lowest BCUT2D eigenvalue weighted by molar-refractivity contribution is 0.272. The minimum atomic E-state index is -0.977. The second-order valence-electron chi connectivity index (χ2n) is 4.30. The SMILES string of the molecule is N#C[C@@H](c1ccc(F)c(F)c1)[C@H](CCO)c1cncs1. The molecule has 0 saturated carbocycles. The summed E-state index contributed by atoms with van der Waals surface area (Å²) in [5, 5.41) is 18.5. The number of rotatable bonds is 5. The second kappa shape index (κ2) is 6.55. The van der Waals surface area contributed by atoms with Crippen LogP contribution in [0.4, 0.5) is 8.78 Å². The standard InChI is InChI=1S/C14H12F2N2OS/c15-12-2-1-9(5-13(12)16)11(6-17)10(3-4-19)14-7-18-8-20-14/h1-2,5,7-8,10-11,19H,3-4H2/t10-,11-/m0/s1. The molecule has 2 atom stereocenters. The van der Waals surface area contributed by atoms with E-state index in [1.807, 2.05) is 0 Å². The Morgan fingerprint density at radius 1 is 1.35 bits per heavy atom. The van der Waals surface area contributed by atoms with Crippen molar-refractivity contribution >= 4 is 11.3 Å². The van der Waals surface area contributed by atoms with Crippen molar-refractivity contribution in [3.8, 4) is 6.07 Å². The summed E-state index contributed by atoms with van der Waals surface area (Å²) in [6.07, 6.45) is 1.99. The predicted octanol–water partition coefficient (Wildman–Crippen LogP) is 3.19. The maximum atomic E-state index is 13.3. The number of aromatic nitrogens is 1. The first kappa shape index (κ1) is 14.6. The van der Waals surface area contributed by atoms with Gasteiger partial charge in [0.1, 0.15) is 0 Å². The van der Waals surface area contributed by atoms with E-state index in [0.717, 1.165) is 17.0 Å². The minimum absolute atomic E-state index is 0.0928. The van der Waals surface area contributed by atoms with Crippen molar-refractivity contribution < 1.29 is 13.9 Å². The Labute approximate surface area is 119 Å². The molecular formula is C14H12F2N2OS. The number of hydrogen-bond acceptors (Lipinski definition) is 4. The Morgan fingerprint density at radius 3 is 2.70 bits per heavy atom. The summed E-state index contributed by atoms with van der Waals surface area (Å²) in [4.78, 5) is 4.80. The lowest BCUT2D eigenvalue weighted by Crippen LogP contribution is -2.11. The van der Waals surface area contributed by atoms with Crippen LogP contribution in [-0.2, 0) is 0 Å². The van der Waals surface area contributed by atoms with E-state index >= 15 is 0 Å². The Balaban J connectivity index is 2.38. The zero-order chi connectivity index (χ0) is 14.5. The Kier molecular flexibility index (Phi) is 4.77. The molecule has 0 aliphatic heterocycles. The average molecular weight is 294 g/mol. The van der Waals surface area contributed by atoms with Gasteiger partial charge < -0.3 is 5.11 Å². The highest BCUT2D eigenvalue weighted by Crippen LogP contribution is 2.37. The van der Waals surface area contributed by atoms with Crippen LogP contribution in [0.3, 0.4) is 0 Å². The van der Waals surface area contributed by atoms with Crippen LogP contribution in [0.1, 0.15) is 28.7 Å². The van der Waals surface area contributed by atoms with Gasteiger partial charge in [0, 0.05) is 23.6 Å². The number of halogens is 2. The van der Waals surface area contributed by atoms with Crippen LogP contribution in [0.2, 0.25) is 0 Å². The number of aliphatic hydroxyl groups is 1. The number of nitrogens with zero attached hydrogens (tertiary/aromatic N) is 2. The fourth-order valence-electron chi connectivity index (χ4n) is 2.12. The molecule has 1 aromatic carbocycles. The molecule has 104 valence electrons. The Hall–Kier alpha value is -1.84. The molecule has 0 aliphatic rings. The molecule has 1 aromatic heterocycles. The summed E-state index contributed by atoms with van der Waals surface area (Å²) in [5.74, 6) is -2.86. The van der Waals surface area contributed by atoms with Gasteiger partial charge in [-0.3, -0.25) is 4.98 Å². The predicted molar refractivity (Wildman–Crippen MR) is 71.3 cm³/mol. The second-order valence-corrected chi connectivity index (χ2v) is 5.22. The van der Waals surface area contributed by atoms with Gasteiger partial charge in [-0.05, 0) is 24.1 Å². The molecule has 6 heteroatoms. The summed E-state index contributed by atoms with van der Waals surface area (Å²) in [6, 6.07) is 5.57. The average Bonchev–Trinajstić information content (AvgIpc) is 2.96. The molecule has 1 N–H and O–H groups in total. The van der Waals surface area contributed by atoms with Gasteiger partial charge in [-0.2, -0.15) is 5.26 Å². The molecule has 0 radical (unpaired) electrons. The summed E-state index contributed by atoms with van der Waals surface area (Å²) in [5.41, 5.74) is 2.04. The minimum Gasteiger partial charge on any atom is -0.396 e. The molecule has 0 amide bonds. The van der Waals surface area contributed by atoms with Crippen molar-refractivity contribution in [3.63, 3.8) is 0 Å². The normalized spacial score (nSPS) is 13.7. The van der Waals surface area contributed by atoms with E-state index in [0.29, 0.717) is 12.0 Å². The highest BCUT2D eigenvalue weighted by atomic mass is 32.1. The monoisotopic (exact) mass is 294 g/mol. The maximum absolute atomic E-state index is 13.3. The Bertz CT molecular complexity index is 610. The first-order valence-electron chi connectivity index (χ1n) is 6.01. The number of benzene rings is 1. The van der Waals surface area contributed by atoms with Gasteiger partial charge in [0.05, 0.1) is 17.5 Å². The van der Waals surface area contributed by atoms with Gasteiger partial charge in [-0.15, -0.1) is 11.3 Å². The molecule has 0 aliphatic carbocycles. The van der Waals surface area contributed by atoms with Crippen LogP contribution in [0.15, 0.2) is 29.9 Å². The molecule has 2 aromatic rings. The van der Waals surface area contributed by atoms with Gasteiger partial charge in [0.15, 0.2) is 11.6 Å². The zero-order valence-corrected chi connectivity index (χ0v) is 11.3. The van der Waals surface area contributed by atoms with Crippen molar-refractivity contribution in [2.75, 3.05) is 6.61 Å². The van der Waals surface area contributed by atoms with Gasteiger partial charge in [-0.25, -0.2) is 8.78 Å². The first-order chi connectivity index (χ1) is 9.67. The molecular weight excluding hydrogens is 282 g/mol. The van der Waals surface area contributed by atoms with Gasteiger partial charge in [0.25, 0.3) is 0 Å². The third-order valence-corrected chi connectivity index (χ3v) is 4.01. The molecule has 3 nitrogen and oxygen atoms in total. The summed E-state index contributed by atoms with van der Waals surface area (Å²) in [7, 11) is 0. The smallest absolute Gasteiger partial charge is 0.159 e. The largest absolute Gasteiger partial charge is 0.396 e. The van der Waals surface area contributed by atoms with Gasteiger partial charge >= 0.3 is 0 Å². The number of nitriles is 1. The quantitative estimate of drug-likeness (QED) is 0.921. The van der Waals surface area contributed by atoms with E-state index in [2.05, 4.69) is 11.1 Å². The molecule has 0 unspecified atom stereocenters. The van der Waals surface area contributed by atoms with E-state index in [9.17, 15) is 14.0 Å². The maximum Gasteiger partial charge on any atom is 0.159 e. The molecule has 1 heterocycles. The van der Waals surface area contributed by atoms with Gasteiger partial charge in [-0.1, -0.05) is 6.07 Å². The van der Waals surface area contributed by atoms with E-state index in [4.69, 9.17) is 5.11 Å². The van der Waals surface area contributed by atoms with E-state index in [1.54, 1.807) is 11.7 Å². The van der Waals surface area contributed by atoms with Crippen LogP contribution in [0.25, 0.3) is 0 Å². The fourth-order valence-corrected chi connectivity index (χ4v) is 2.92. The van der Waals surface area contributed by atoms with Crippen molar-refractivity contribution in [2.45, 2.75) is 18.3 Å². The van der Waals surface area contributed by atoms with Crippen molar-refractivity contribution in [1.82, 2.24) is 4.98 Å². The first-order valence-corrected chi connectivity index (χ1v) is 6.89. The van der Waals surface area contributed by atoms with Crippen LogP contribution in [-0.4, -0.2) is 16.7 Å². The molecule has 2 rings (SSSR count). The van der Waals surface area contributed by atoms with E-state index < -0.39 is 17.6 Å². The highest BCUT2D eigenvalue weighted by Gasteiger charge is 2.26. The molecule has 0 spiro atoms. The third-order valence-electron chi connectivity index (χ3n) is 3.10. The van der Waals surface area contributed by atoms with E-state index in [-0.39, 0.29) is 12.5 Å². The summed E-state index contributed by atoms with van der Waals surface area (Å²) >= 11 is 1.38. The van der Waals surface area contributed by atoms with Crippen LogP contribution >= 0.6 is 11.3 Å². The number of thiazole rings is 1. The number of aliphatic hydroxyl groups excluding tert-OH is 1. The van der Waals surface area contributed by atoms with Crippen LogP contribution in [0.5, 0.6) is 0 Å². The molecule has 0 bridgehead atoms. The van der Waals surface area contributed by atoms with Crippen molar-refractivity contribution in [3.05, 3.63) is 52.0 Å². The third kappa shape index (κ3) is 3.00. The molecule has 20 heavy (non-hydrogen) atoms.